The third-order valence-electron chi connectivity index (χ3n) is 3.21. The molecule has 1 aliphatic rings. The molecule has 0 spiro atoms. The predicted octanol–water partition coefficient (Wildman–Crippen LogP) is -0.105. The first-order valence-electron chi connectivity index (χ1n) is 6.79. The zero-order valence-electron chi connectivity index (χ0n) is 11.6. The van der Waals surface area contributed by atoms with Gasteiger partial charge in [-0.1, -0.05) is 6.92 Å². The monoisotopic (exact) mass is 277 g/mol. The average Bonchev–Trinajstić information content (AvgIpc) is 2.52. The van der Waals surface area contributed by atoms with Crippen LogP contribution in [-0.2, 0) is 4.79 Å². The van der Waals surface area contributed by atoms with Gasteiger partial charge in [0.25, 0.3) is 5.91 Å². The van der Waals surface area contributed by atoms with Gasteiger partial charge in [-0.3, -0.25) is 9.59 Å². The smallest absolute Gasteiger partial charge is 0.270 e. The maximum absolute atomic E-state index is 11.9. The average molecular weight is 277 g/mol. The second kappa shape index (κ2) is 6.83. The van der Waals surface area contributed by atoms with E-state index in [9.17, 15) is 9.59 Å². The number of nitrogens with zero attached hydrogens (tertiary/aromatic N) is 4. The van der Waals surface area contributed by atoms with Gasteiger partial charge in [-0.05, 0) is 6.42 Å². The number of anilines is 1. The highest BCUT2D eigenvalue weighted by molar-refractivity contribution is 5.92. The number of hydrogen-bond acceptors (Lipinski definition) is 5. The van der Waals surface area contributed by atoms with Crippen molar-refractivity contribution in [1.29, 1.82) is 0 Å². The van der Waals surface area contributed by atoms with Crippen LogP contribution < -0.4 is 10.2 Å². The van der Waals surface area contributed by atoms with E-state index < -0.39 is 0 Å². The van der Waals surface area contributed by atoms with Gasteiger partial charge in [0.05, 0.1) is 0 Å². The molecule has 7 nitrogen and oxygen atoms in total. The van der Waals surface area contributed by atoms with Crippen molar-refractivity contribution in [2.45, 2.75) is 13.3 Å². The Morgan fingerprint density at radius 2 is 2.10 bits per heavy atom. The molecule has 20 heavy (non-hydrogen) atoms. The molecule has 0 unspecified atom stereocenters. The van der Waals surface area contributed by atoms with E-state index in [0.717, 1.165) is 18.6 Å². The summed E-state index contributed by atoms with van der Waals surface area (Å²) < 4.78 is 0. The van der Waals surface area contributed by atoms with Crippen molar-refractivity contribution >= 4 is 18.1 Å². The van der Waals surface area contributed by atoms with E-state index in [4.69, 9.17) is 0 Å². The minimum atomic E-state index is -0.179. The van der Waals surface area contributed by atoms with Crippen LogP contribution in [0.3, 0.4) is 0 Å². The van der Waals surface area contributed by atoms with Crippen LogP contribution in [0.2, 0.25) is 0 Å². The highest BCUT2D eigenvalue weighted by atomic mass is 16.2. The molecule has 1 fully saturated rings. The number of rotatable bonds is 5. The molecule has 1 aromatic rings. The Kier molecular flexibility index (Phi) is 4.86. The molecule has 1 saturated heterocycles. The van der Waals surface area contributed by atoms with Crippen molar-refractivity contribution in [2.24, 2.45) is 0 Å². The lowest BCUT2D eigenvalue weighted by Crippen LogP contribution is -2.46. The molecule has 1 aliphatic heterocycles. The van der Waals surface area contributed by atoms with Crippen molar-refractivity contribution in [2.75, 3.05) is 37.6 Å². The summed E-state index contributed by atoms with van der Waals surface area (Å²) in [7, 11) is 0. The summed E-state index contributed by atoms with van der Waals surface area (Å²) in [5.41, 5.74) is 0.376. The van der Waals surface area contributed by atoms with Gasteiger partial charge in [0.1, 0.15) is 17.8 Å². The maximum atomic E-state index is 11.9. The van der Waals surface area contributed by atoms with E-state index in [-0.39, 0.29) is 5.91 Å². The maximum Gasteiger partial charge on any atom is 0.270 e. The summed E-state index contributed by atoms with van der Waals surface area (Å²) in [6.07, 6.45) is 3.15. The summed E-state index contributed by atoms with van der Waals surface area (Å²) in [4.78, 5) is 34.5. The number of carbonyl (C=O) groups is 2. The fraction of sp³-hybridized carbons (Fsp3) is 0.538. The summed E-state index contributed by atoms with van der Waals surface area (Å²) in [5.74, 6) is 0.550. The molecule has 0 aliphatic carbocycles. The standard InChI is InChI=1S/C13H19N5O2/c1-2-3-14-13(20)11-8-12(16-9-15-11)18-6-4-17(10-19)5-7-18/h8-10H,2-7H2,1H3,(H,14,20). The van der Waals surface area contributed by atoms with Gasteiger partial charge < -0.3 is 15.1 Å². The van der Waals surface area contributed by atoms with Gasteiger partial charge in [0.15, 0.2) is 0 Å². The molecule has 1 aromatic heterocycles. The van der Waals surface area contributed by atoms with Gasteiger partial charge in [-0.15, -0.1) is 0 Å². The minimum Gasteiger partial charge on any atom is -0.353 e. The first kappa shape index (κ1) is 14.2. The van der Waals surface area contributed by atoms with Crippen LogP contribution in [0.5, 0.6) is 0 Å². The Bertz CT molecular complexity index is 472. The summed E-state index contributed by atoms with van der Waals surface area (Å²) in [6, 6.07) is 1.70. The predicted molar refractivity (Wildman–Crippen MR) is 74.5 cm³/mol. The topological polar surface area (TPSA) is 78.4 Å². The Morgan fingerprint density at radius 3 is 2.75 bits per heavy atom. The summed E-state index contributed by atoms with van der Waals surface area (Å²) in [6.45, 7) is 5.40. The first-order valence-corrected chi connectivity index (χ1v) is 6.79. The summed E-state index contributed by atoms with van der Waals surface area (Å²) >= 11 is 0. The number of amides is 2. The van der Waals surface area contributed by atoms with Crippen LogP contribution in [0.25, 0.3) is 0 Å². The normalized spacial score (nSPS) is 15.1. The van der Waals surface area contributed by atoms with Crippen LogP contribution in [0.15, 0.2) is 12.4 Å². The van der Waals surface area contributed by atoms with Crippen molar-refractivity contribution < 1.29 is 9.59 Å². The van der Waals surface area contributed by atoms with Crippen LogP contribution in [0, 0.1) is 0 Å². The molecule has 0 aromatic carbocycles. The van der Waals surface area contributed by atoms with Crippen LogP contribution in [0.4, 0.5) is 5.82 Å². The highest BCUT2D eigenvalue weighted by Gasteiger charge is 2.18. The van der Waals surface area contributed by atoms with Gasteiger partial charge in [0, 0.05) is 38.8 Å². The Labute approximate surface area is 118 Å². The number of carbonyl (C=O) groups excluding carboxylic acids is 2. The SMILES string of the molecule is CCCNC(=O)c1cc(N2CCN(C=O)CC2)ncn1. The molecular weight excluding hydrogens is 258 g/mol. The van der Waals surface area contributed by atoms with Crippen LogP contribution >= 0.6 is 0 Å². The molecular formula is C13H19N5O2. The van der Waals surface area contributed by atoms with Crippen LogP contribution in [0.1, 0.15) is 23.8 Å². The van der Waals surface area contributed by atoms with Crippen molar-refractivity contribution in [1.82, 2.24) is 20.2 Å². The fourth-order valence-electron chi connectivity index (χ4n) is 2.03. The first-order chi connectivity index (χ1) is 9.74. The van der Waals surface area contributed by atoms with E-state index in [1.165, 1.54) is 6.33 Å². The molecule has 1 N–H and O–H groups in total. The Morgan fingerprint density at radius 1 is 1.35 bits per heavy atom. The quantitative estimate of drug-likeness (QED) is 0.760. The van der Waals surface area contributed by atoms with Crippen molar-refractivity contribution in [3.05, 3.63) is 18.1 Å². The van der Waals surface area contributed by atoms with Gasteiger partial charge in [0.2, 0.25) is 6.41 Å². The second-order valence-electron chi connectivity index (χ2n) is 4.65. The van der Waals surface area contributed by atoms with Gasteiger partial charge in [-0.2, -0.15) is 0 Å². The van der Waals surface area contributed by atoms with Gasteiger partial charge in [-0.25, -0.2) is 9.97 Å². The molecule has 2 rings (SSSR count). The lowest BCUT2D eigenvalue weighted by molar-refractivity contribution is -0.118. The van der Waals surface area contributed by atoms with Gasteiger partial charge >= 0.3 is 0 Å². The third-order valence-corrected chi connectivity index (χ3v) is 3.21. The molecule has 2 amide bonds. The minimum absolute atomic E-state index is 0.179. The Hall–Kier alpha value is -2.18. The summed E-state index contributed by atoms with van der Waals surface area (Å²) in [5, 5.41) is 2.79. The molecule has 0 atom stereocenters. The number of hydrogen-bond donors (Lipinski definition) is 1. The van der Waals surface area contributed by atoms with E-state index >= 15 is 0 Å². The van der Waals surface area contributed by atoms with Crippen molar-refractivity contribution in [3.8, 4) is 0 Å². The molecule has 7 heteroatoms. The van der Waals surface area contributed by atoms with E-state index in [2.05, 4.69) is 20.2 Å². The highest BCUT2D eigenvalue weighted by Crippen LogP contribution is 2.13. The zero-order chi connectivity index (χ0) is 14.4. The van der Waals surface area contributed by atoms with E-state index in [1.807, 2.05) is 6.92 Å². The fourth-order valence-corrected chi connectivity index (χ4v) is 2.03. The molecule has 2 heterocycles. The molecule has 0 bridgehead atoms. The molecule has 108 valence electrons. The zero-order valence-corrected chi connectivity index (χ0v) is 11.6. The number of nitrogens with one attached hydrogen (secondary N) is 1. The van der Waals surface area contributed by atoms with E-state index in [1.54, 1.807) is 11.0 Å². The number of piperazine rings is 1. The van der Waals surface area contributed by atoms with E-state index in [0.29, 0.717) is 38.4 Å². The molecule has 0 radical (unpaired) electrons. The molecule has 0 saturated carbocycles. The second-order valence-corrected chi connectivity index (χ2v) is 4.65. The van der Waals surface area contributed by atoms with Crippen molar-refractivity contribution in [3.63, 3.8) is 0 Å². The lowest BCUT2D eigenvalue weighted by Gasteiger charge is -2.33. The van der Waals surface area contributed by atoms with Crippen LogP contribution in [-0.4, -0.2) is 59.9 Å². The Balaban J connectivity index is 2.02. The largest absolute Gasteiger partial charge is 0.353 e. The third kappa shape index (κ3) is 3.43. The number of aromatic nitrogens is 2. The lowest BCUT2D eigenvalue weighted by atomic mass is 10.3.